The second kappa shape index (κ2) is 10.3. The van der Waals surface area contributed by atoms with Gasteiger partial charge in [-0.25, -0.2) is 0 Å². The second-order valence-corrected chi connectivity index (χ2v) is 8.13. The van der Waals surface area contributed by atoms with Gasteiger partial charge in [-0.05, 0) is 51.0 Å². The Balaban J connectivity index is 1.65. The van der Waals surface area contributed by atoms with Crippen molar-refractivity contribution in [3.63, 3.8) is 0 Å². The number of ether oxygens (including phenoxy) is 1. The van der Waals surface area contributed by atoms with Gasteiger partial charge in [-0.15, -0.1) is 10.2 Å². The Bertz CT molecular complexity index is 1130. The normalized spacial score (nSPS) is 11.8. The summed E-state index contributed by atoms with van der Waals surface area (Å²) in [6, 6.07) is 11.7. The number of carbonyl (C=O) groups is 1. The van der Waals surface area contributed by atoms with Gasteiger partial charge in [0.15, 0.2) is 17.1 Å². The molecule has 3 rings (SSSR count). The van der Waals surface area contributed by atoms with Crippen molar-refractivity contribution in [2.45, 2.75) is 45.5 Å². The summed E-state index contributed by atoms with van der Waals surface area (Å²) in [5.41, 5.74) is 2.52. The van der Waals surface area contributed by atoms with Crippen LogP contribution in [-0.2, 0) is 11.3 Å². The third kappa shape index (κ3) is 5.44. The van der Waals surface area contributed by atoms with E-state index < -0.39 is 4.92 Å². The average Bonchev–Trinajstić information content (AvgIpc) is 3.18. The lowest BCUT2D eigenvalue weighted by Crippen LogP contribution is -2.15. The lowest BCUT2D eigenvalue weighted by molar-refractivity contribution is -0.384. The number of aromatic nitrogens is 3. The number of nitrogens with zero attached hydrogens (tertiary/aromatic N) is 4. The zero-order chi connectivity index (χ0) is 23.3. The lowest BCUT2D eigenvalue weighted by Gasteiger charge is -2.17. The summed E-state index contributed by atoms with van der Waals surface area (Å²) < 4.78 is 8.05. The number of nitro groups is 1. The van der Waals surface area contributed by atoms with E-state index >= 15 is 0 Å². The van der Waals surface area contributed by atoms with Crippen LogP contribution in [0.5, 0.6) is 5.75 Å². The summed E-state index contributed by atoms with van der Waals surface area (Å²) in [6.07, 6.45) is -0.323. The second-order valence-electron chi connectivity index (χ2n) is 7.19. The van der Waals surface area contributed by atoms with Gasteiger partial charge in [0, 0.05) is 24.4 Å². The number of aryl methyl sites for hydroxylation is 1. The lowest BCUT2D eigenvalue weighted by atomic mass is 10.1. The number of carbonyl (C=O) groups excluding carboxylic acids is 1. The SMILES string of the molecule is CCn1c(SCC(=O)Nc2cccc([N+](=O)[O-])c2)nnc1C(C)Oc1cccc(C)c1C. The van der Waals surface area contributed by atoms with E-state index in [0.717, 1.165) is 16.9 Å². The van der Waals surface area contributed by atoms with Crippen LogP contribution in [0.2, 0.25) is 0 Å². The summed E-state index contributed by atoms with van der Waals surface area (Å²) in [4.78, 5) is 22.7. The van der Waals surface area contributed by atoms with E-state index in [9.17, 15) is 14.9 Å². The van der Waals surface area contributed by atoms with Gasteiger partial charge in [0.2, 0.25) is 5.91 Å². The highest BCUT2D eigenvalue weighted by Crippen LogP contribution is 2.28. The quantitative estimate of drug-likeness (QED) is 0.283. The summed E-state index contributed by atoms with van der Waals surface area (Å²) in [5.74, 6) is 1.28. The van der Waals surface area contributed by atoms with Crippen LogP contribution in [0.4, 0.5) is 11.4 Å². The number of non-ortho nitro benzene ring substituents is 1. The molecule has 10 heteroatoms. The molecule has 9 nitrogen and oxygen atoms in total. The smallest absolute Gasteiger partial charge is 0.271 e. The highest BCUT2D eigenvalue weighted by Gasteiger charge is 2.20. The van der Waals surface area contributed by atoms with Gasteiger partial charge in [0.05, 0.1) is 10.7 Å². The summed E-state index contributed by atoms with van der Waals surface area (Å²) in [6.45, 7) is 8.57. The van der Waals surface area contributed by atoms with E-state index in [1.54, 1.807) is 6.07 Å². The van der Waals surface area contributed by atoms with E-state index in [1.165, 1.54) is 30.0 Å². The van der Waals surface area contributed by atoms with Crippen molar-refractivity contribution in [3.05, 3.63) is 69.5 Å². The summed E-state index contributed by atoms with van der Waals surface area (Å²) >= 11 is 1.25. The van der Waals surface area contributed by atoms with Crippen molar-refractivity contribution in [1.29, 1.82) is 0 Å². The first kappa shape index (κ1) is 23.3. The maximum absolute atomic E-state index is 12.3. The first-order chi connectivity index (χ1) is 15.3. The van der Waals surface area contributed by atoms with Crippen molar-refractivity contribution >= 4 is 29.0 Å². The van der Waals surface area contributed by atoms with Crippen LogP contribution in [0.25, 0.3) is 0 Å². The van der Waals surface area contributed by atoms with E-state index in [0.29, 0.717) is 23.2 Å². The fraction of sp³-hybridized carbons (Fsp3) is 0.318. The molecule has 0 bridgehead atoms. The molecule has 1 heterocycles. The van der Waals surface area contributed by atoms with Gasteiger partial charge >= 0.3 is 0 Å². The molecule has 1 aromatic heterocycles. The molecule has 1 atom stereocenters. The zero-order valence-electron chi connectivity index (χ0n) is 18.4. The van der Waals surface area contributed by atoms with Crippen molar-refractivity contribution in [2.24, 2.45) is 0 Å². The van der Waals surface area contributed by atoms with Crippen LogP contribution in [-0.4, -0.2) is 31.3 Å². The first-order valence-corrected chi connectivity index (χ1v) is 11.1. The molecular weight excluding hydrogens is 430 g/mol. The number of nitro benzene ring substituents is 1. The molecule has 0 aliphatic carbocycles. The van der Waals surface area contributed by atoms with E-state index in [4.69, 9.17) is 4.74 Å². The molecule has 0 spiro atoms. The minimum absolute atomic E-state index is 0.0799. The summed E-state index contributed by atoms with van der Waals surface area (Å²) in [5, 5.41) is 22.7. The Morgan fingerprint density at radius 2 is 2.00 bits per heavy atom. The maximum atomic E-state index is 12.3. The molecule has 1 N–H and O–H groups in total. The van der Waals surface area contributed by atoms with E-state index in [-0.39, 0.29) is 23.5 Å². The Kier molecular flexibility index (Phi) is 7.47. The van der Waals surface area contributed by atoms with E-state index in [2.05, 4.69) is 15.5 Å². The van der Waals surface area contributed by atoms with Gasteiger partial charge in [0.1, 0.15) is 5.75 Å². The predicted molar refractivity (Wildman–Crippen MR) is 123 cm³/mol. The third-order valence-corrected chi connectivity index (χ3v) is 5.92. The Labute approximate surface area is 190 Å². The molecule has 168 valence electrons. The van der Waals surface area contributed by atoms with Crippen LogP contribution in [0, 0.1) is 24.0 Å². The molecule has 0 aliphatic rings. The number of nitrogens with one attached hydrogen (secondary N) is 1. The maximum Gasteiger partial charge on any atom is 0.271 e. The fourth-order valence-corrected chi connectivity index (χ4v) is 3.93. The summed E-state index contributed by atoms with van der Waals surface area (Å²) in [7, 11) is 0. The first-order valence-electron chi connectivity index (χ1n) is 10.1. The van der Waals surface area contributed by atoms with Crippen LogP contribution in [0.1, 0.15) is 36.9 Å². The Hall–Kier alpha value is -3.40. The molecule has 32 heavy (non-hydrogen) atoms. The number of hydrogen-bond donors (Lipinski definition) is 1. The molecule has 0 radical (unpaired) electrons. The van der Waals surface area contributed by atoms with Gasteiger partial charge in [0.25, 0.3) is 5.69 Å². The Morgan fingerprint density at radius 3 is 2.72 bits per heavy atom. The molecule has 0 fully saturated rings. The predicted octanol–water partition coefficient (Wildman–Crippen LogP) is 4.69. The molecule has 1 amide bonds. The molecule has 3 aromatic rings. The van der Waals surface area contributed by atoms with Gasteiger partial charge in [-0.3, -0.25) is 14.9 Å². The highest BCUT2D eigenvalue weighted by atomic mass is 32.2. The zero-order valence-corrected chi connectivity index (χ0v) is 19.2. The average molecular weight is 456 g/mol. The topological polar surface area (TPSA) is 112 Å². The number of anilines is 1. The molecule has 1 unspecified atom stereocenters. The van der Waals surface area contributed by atoms with Crippen LogP contribution < -0.4 is 10.1 Å². The largest absolute Gasteiger partial charge is 0.482 e. The molecular formula is C22H25N5O4S. The number of hydrogen-bond acceptors (Lipinski definition) is 7. The minimum Gasteiger partial charge on any atom is -0.482 e. The van der Waals surface area contributed by atoms with Gasteiger partial charge < -0.3 is 14.6 Å². The highest BCUT2D eigenvalue weighted by molar-refractivity contribution is 7.99. The van der Waals surface area contributed by atoms with Crippen molar-refractivity contribution in [1.82, 2.24) is 14.8 Å². The standard InChI is InChI=1S/C22H25N5O4S/c1-5-26-21(16(4)31-19-11-6-8-14(2)15(19)3)24-25-22(26)32-13-20(28)23-17-9-7-10-18(12-17)27(29)30/h6-12,16H,5,13H2,1-4H3,(H,23,28). The van der Waals surface area contributed by atoms with Crippen molar-refractivity contribution < 1.29 is 14.5 Å². The number of benzene rings is 2. The molecule has 0 aliphatic heterocycles. The van der Waals surface area contributed by atoms with Crippen molar-refractivity contribution in [3.8, 4) is 5.75 Å². The van der Waals surface area contributed by atoms with Crippen LogP contribution in [0.3, 0.4) is 0 Å². The van der Waals surface area contributed by atoms with Crippen LogP contribution in [0.15, 0.2) is 47.6 Å². The number of rotatable bonds is 9. The van der Waals surface area contributed by atoms with Gasteiger partial charge in [-0.2, -0.15) is 0 Å². The Morgan fingerprint density at radius 1 is 1.25 bits per heavy atom. The van der Waals surface area contributed by atoms with Crippen molar-refractivity contribution in [2.75, 3.05) is 11.1 Å². The number of amides is 1. The number of thioether (sulfide) groups is 1. The monoisotopic (exact) mass is 455 g/mol. The molecule has 0 saturated carbocycles. The fourth-order valence-electron chi connectivity index (χ4n) is 3.12. The van der Waals surface area contributed by atoms with Gasteiger partial charge in [-0.1, -0.05) is 30.0 Å². The van der Waals surface area contributed by atoms with E-state index in [1.807, 2.05) is 50.5 Å². The molecule has 2 aromatic carbocycles. The third-order valence-electron chi connectivity index (χ3n) is 4.96. The van der Waals surface area contributed by atoms with Crippen LogP contribution >= 0.6 is 11.8 Å². The molecule has 0 saturated heterocycles. The minimum atomic E-state index is -0.503.